The van der Waals surface area contributed by atoms with E-state index in [0.29, 0.717) is 16.9 Å². The van der Waals surface area contributed by atoms with Gasteiger partial charge in [-0.15, -0.1) is 0 Å². The van der Waals surface area contributed by atoms with E-state index in [1.807, 2.05) is 0 Å². The van der Waals surface area contributed by atoms with Crippen molar-refractivity contribution in [1.82, 2.24) is 14.5 Å². The van der Waals surface area contributed by atoms with Crippen LogP contribution in [0.4, 0.5) is 5.82 Å². The third-order valence-electron chi connectivity index (χ3n) is 5.43. The Morgan fingerprint density at radius 2 is 1.82 bits per heavy atom. The molecule has 2 aromatic carbocycles. The minimum Gasteiger partial charge on any atom is -0.610 e. The van der Waals surface area contributed by atoms with Gasteiger partial charge in [-0.05, 0) is 23.3 Å². The number of amides is 2. The third kappa shape index (κ3) is 4.35. The van der Waals surface area contributed by atoms with Crippen LogP contribution < -0.4 is 26.6 Å². The van der Waals surface area contributed by atoms with E-state index in [1.54, 1.807) is 54.6 Å². The highest BCUT2D eigenvalue weighted by Crippen LogP contribution is 2.26. The Morgan fingerprint density at radius 1 is 1.12 bits per heavy atom. The lowest BCUT2D eigenvalue weighted by molar-refractivity contribution is -0.126. The summed E-state index contributed by atoms with van der Waals surface area (Å²) in [7, 11) is 2.88. The number of rotatable bonds is 6. The first kappa shape index (κ1) is 23.3. The number of carbonyl (C=O) groups excluding carboxylic acids is 2. The van der Waals surface area contributed by atoms with E-state index < -0.39 is 39.5 Å². The molecule has 2 heterocycles. The lowest BCUT2D eigenvalue weighted by Gasteiger charge is -2.27. The molecule has 10 nitrogen and oxygen atoms in total. The fourth-order valence-corrected chi connectivity index (χ4v) is 5.07. The van der Waals surface area contributed by atoms with Gasteiger partial charge >= 0.3 is 11.2 Å². The van der Waals surface area contributed by atoms with Crippen LogP contribution in [0, 0.1) is 0 Å². The maximum atomic E-state index is 13.3. The van der Waals surface area contributed by atoms with E-state index in [-0.39, 0.29) is 23.8 Å². The van der Waals surface area contributed by atoms with E-state index in [0.717, 1.165) is 9.13 Å². The predicted octanol–water partition coefficient (Wildman–Crippen LogP) is 0.349. The number of hydrogen-bond acceptors (Lipinski definition) is 6. The summed E-state index contributed by atoms with van der Waals surface area (Å²) in [6.07, 6.45) is 0. The van der Waals surface area contributed by atoms with Crippen molar-refractivity contribution in [3.05, 3.63) is 86.6 Å². The van der Waals surface area contributed by atoms with Gasteiger partial charge < -0.3 is 19.9 Å². The standard InChI is InChI=1S/C23H22N4O6S/c1-26-19-17(22(30)27(23(26)31)13-14-7-4-3-5-8-14)34(32)18(21(29)25-19)20(28)24-12-15-9-6-10-16(11-15)33-2/h3-11,18H,12-13H2,1-2H3,(H,24,28)(H,25,29). The zero-order valence-electron chi connectivity index (χ0n) is 18.4. The topological polar surface area (TPSA) is 134 Å². The Hall–Kier alpha value is -3.83. The quantitative estimate of drug-likeness (QED) is 0.385. The molecule has 0 fully saturated rings. The molecule has 0 saturated heterocycles. The second-order valence-electron chi connectivity index (χ2n) is 7.63. The SMILES string of the molecule is COc1cccc(CNC(=O)C2C(=O)Nc3c(c(=O)n(Cc4ccccc4)c(=O)n3C)[S+]2[O-])c1. The molecule has 0 saturated carbocycles. The summed E-state index contributed by atoms with van der Waals surface area (Å²) in [6.45, 7) is 0.0207. The van der Waals surface area contributed by atoms with Crippen LogP contribution >= 0.6 is 0 Å². The lowest BCUT2D eigenvalue weighted by Crippen LogP contribution is -2.54. The van der Waals surface area contributed by atoms with Gasteiger partial charge in [0.05, 0.1) is 13.7 Å². The van der Waals surface area contributed by atoms with E-state index in [2.05, 4.69) is 10.6 Å². The normalized spacial score (nSPS) is 17.0. The molecule has 2 amide bonds. The van der Waals surface area contributed by atoms with E-state index in [9.17, 15) is 23.7 Å². The summed E-state index contributed by atoms with van der Waals surface area (Å²) >= 11 is -2.32. The number of nitrogens with zero attached hydrogens (tertiary/aromatic N) is 2. The molecule has 0 radical (unpaired) electrons. The summed E-state index contributed by atoms with van der Waals surface area (Å²) in [5, 5.41) is 3.36. The maximum Gasteiger partial charge on any atom is 0.332 e. The second-order valence-corrected chi connectivity index (χ2v) is 9.11. The lowest BCUT2D eigenvalue weighted by atomic mass is 10.2. The Kier molecular flexibility index (Phi) is 6.57. The van der Waals surface area contributed by atoms with Crippen molar-refractivity contribution >= 4 is 28.8 Å². The zero-order chi connectivity index (χ0) is 24.4. The first-order chi connectivity index (χ1) is 16.3. The molecular weight excluding hydrogens is 460 g/mol. The average molecular weight is 483 g/mol. The Morgan fingerprint density at radius 3 is 2.53 bits per heavy atom. The van der Waals surface area contributed by atoms with Crippen LogP contribution in [-0.2, 0) is 40.9 Å². The number of nitrogens with one attached hydrogen (secondary N) is 2. The number of aromatic nitrogens is 2. The molecule has 0 spiro atoms. The molecule has 0 bridgehead atoms. The van der Waals surface area contributed by atoms with Crippen LogP contribution in [0.25, 0.3) is 0 Å². The van der Waals surface area contributed by atoms with Gasteiger partial charge in [0.15, 0.2) is 5.82 Å². The van der Waals surface area contributed by atoms with Crippen molar-refractivity contribution in [2.75, 3.05) is 12.4 Å². The largest absolute Gasteiger partial charge is 0.610 e. The number of ether oxygens (including phenoxy) is 1. The number of hydrogen-bond donors (Lipinski definition) is 2. The van der Waals surface area contributed by atoms with Gasteiger partial charge in [-0.1, -0.05) is 42.5 Å². The van der Waals surface area contributed by atoms with E-state index >= 15 is 0 Å². The van der Waals surface area contributed by atoms with Crippen molar-refractivity contribution in [3.63, 3.8) is 0 Å². The average Bonchev–Trinajstić information content (AvgIpc) is 2.84. The fraction of sp³-hybridized carbons (Fsp3) is 0.217. The van der Waals surface area contributed by atoms with Crippen molar-refractivity contribution in [3.8, 4) is 5.75 Å². The summed E-state index contributed by atoms with van der Waals surface area (Å²) in [6, 6.07) is 15.8. The van der Waals surface area contributed by atoms with Gasteiger partial charge in [0, 0.05) is 24.8 Å². The molecule has 2 N–H and O–H groups in total. The number of anilines is 1. The first-order valence-electron chi connectivity index (χ1n) is 10.3. The van der Waals surface area contributed by atoms with Gasteiger partial charge in [0.25, 0.3) is 22.0 Å². The summed E-state index contributed by atoms with van der Waals surface area (Å²) in [4.78, 5) is 51.2. The van der Waals surface area contributed by atoms with Crippen LogP contribution in [0.15, 0.2) is 69.1 Å². The van der Waals surface area contributed by atoms with Gasteiger partial charge in [0.1, 0.15) is 5.75 Å². The summed E-state index contributed by atoms with van der Waals surface area (Å²) in [5.74, 6) is -1.23. The maximum absolute atomic E-state index is 13.3. The smallest absolute Gasteiger partial charge is 0.332 e. The first-order valence-corrected chi connectivity index (χ1v) is 11.5. The number of benzene rings is 2. The molecule has 1 aliphatic rings. The highest BCUT2D eigenvalue weighted by Gasteiger charge is 2.48. The van der Waals surface area contributed by atoms with Crippen LogP contribution in [0.2, 0.25) is 0 Å². The van der Waals surface area contributed by atoms with Crippen molar-refractivity contribution in [2.45, 2.75) is 23.2 Å². The molecule has 2 unspecified atom stereocenters. The van der Waals surface area contributed by atoms with Gasteiger partial charge in [0.2, 0.25) is 0 Å². The molecule has 2 atom stereocenters. The Labute approximate surface area is 197 Å². The molecule has 34 heavy (non-hydrogen) atoms. The minimum atomic E-state index is -2.32. The van der Waals surface area contributed by atoms with Gasteiger partial charge in [-0.25, -0.2) is 4.79 Å². The zero-order valence-corrected chi connectivity index (χ0v) is 19.3. The third-order valence-corrected chi connectivity index (χ3v) is 7.05. The van der Waals surface area contributed by atoms with Crippen molar-refractivity contribution in [2.24, 2.45) is 7.05 Å². The summed E-state index contributed by atoms with van der Waals surface area (Å²) in [5.41, 5.74) is -0.0840. The molecule has 176 valence electrons. The highest BCUT2D eigenvalue weighted by atomic mass is 32.2. The van der Waals surface area contributed by atoms with Gasteiger partial charge in [-0.3, -0.25) is 23.5 Å². The number of carbonyl (C=O) groups is 2. The molecular formula is C23H22N4O6S. The molecule has 1 aromatic heterocycles. The van der Waals surface area contributed by atoms with Crippen molar-refractivity contribution < 1.29 is 18.9 Å². The van der Waals surface area contributed by atoms with Gasteiger partial charge in [-0.2, -0.15) is 0 Å². The van der Waals surface area contributed by atoms with E-state index in [4.69, 9.17) is 4.74 Å². The Bertz CT molecular complexity index is 1370. The summed E-state index contributed by atoms with van der Waals surface area (Å²) < 4.78 is 20.5. The van der Waals surface area contributed by atoms with Crippen molar-refractivity contribution in [1.29, 1.82) is 0 Å². The van der Waals surface area contributed by atoms with Crippen LogP contribution in [-0.4, -0.2) is 37.9 Å². The highest BCUT2D eigenvalue weighted by molar-refractivity contribution is 7.94. The fourth-order valence-electron chi connectivity index (χ4n) is 3.65. The molecule has 1 aliphatic heterocycles. The molecule has 4 rings (SSSR count). The second kappa shape index (κ2) is 9.57. The number of methoxy groups -OCH3 is 1. The van der Waals surface area contributed by atoms with Crippen LogP contribution in [0.1, 0.15) is 11.1 Å². The molecule has 3 aromatic rings. The predicted molar refractivity (Wildman–Crippen MR) is 125 cm³/mol. The van der Waals surface area contributed by atoms with E-state index in [1.165, 1.54) is 14.2 Å². The van der Waals surface area contributed by atoms with Crippen LogP contribution in [0.5, 0.6) is 5.75 Å². The molecule has 11 heteroatoms. The minimum absolute atomic E-state index is 0.0442. The Balaban J connectivity index is 1.64. The van der Waals surface area contributed by atoms with Crippen LogP contribution in [0.3, 0.4) is 0 Å². The monoisotopic (exact) mass is 482 g/mol. The number of fused-ring (bicyclic) bond motifs is 1. The molecule has 0 aliphatic carbocycles.